The van der Waals surface area contributed by atoms with Crippen molar-refractivity contribution in [3.05, 3.63) is 77.1 Å². The van der Waals surface area contributed by atoms with Crippen LogP contribution in [-0.4, -0.2) is 41.0 Å². The quantitative estimate of drug-likeness (QED) is 0.474. The predicted molar refractivity (Wildman–Crippen MR) is 111 cm³/mol. The first-order chi connectivity index (χ1) is 14.6. The lowest BCUT2D eigenvalue weighted by Crippen LogP contribution is -2.04. The van der Waals surface area contributed by atoms with Crippen molar-refractivity contribution in [1.29, 1.82) is 0 Å². The lowest BCUT2D eigenvalue weighted by molar-refractivity contribution is 0.0697. The molecule has 0 saturated carbocycles. The van der Waals surface area contributed by atoms with Crippen LogP contribution in [-0.2, 0) is 6.54 Å². The van der Waals surface area contributed by atoms with Gasteiger partial charge in [-0.15, -0.1) is 5.10 Å². The van der Waals surface area contributed by atoms with Crippen molar-refractivity contribution < 1.29 is 9.90 Å². The number of hydrogen-bond acceptors (Lipinski definition) is 6. The van der Waals surface area contributed by atoms with Gasteiger partial charge in [0.2, 0.25) is 5.65 Å². The molecule has 1 N–H and O–H groups in total. The van der Waals surface area contributed by atoms with Gasteiger partial charge in [-0.3, -0.25) is 4.98 Å². The van der Waals surface area contributed by atoms with Crippen LogP contribution in [0, 0.1) is 0 Å². The fourth-order valence-corrected chi connectivity index (χ4v) is 3.51. The number of fused-ring (bicyclic) bond motifs is 2. The maximum atomic E-state index is 11.2. The summed E-state index contributed by atoms with van der Waals surface area (Å²) < 4.78 is 1.68. The molecule has 3 aromatic heterocycles. The Morgan fingerprint density at radius 2 is 2.00 bits per heavy atom. The third-order valence-corrected chi connectivity index (χ3v) is 5.04. The maximum Gasteiger partial charge on any atom is 0.337 e. The van der Waals surface area contributed by atoms with Gasteiger partial charge in [-0.05, 0) is 35.9 Å². The molecule has 0 radical (unpaired) electrons. The number of hydrogen-bond donors (Lipinski definition) is 1. The summed E-state index contributed by atoms with van der Waals surface area (Å²) in [6.45, 7) is 0.470. The van der Waals surface area contributed by atoms with Gasteiger partial charge < -0.3 is 5.11 Å². The topological polar surface area (TPSA) is 107 Å². The molecule has 0 aliphatic rings. The minimum Gasteiger partial charge on any atom is -0.478 e. The third kappa shape index (κ3) is 3.23. The summed E-state index contributed by atoms with van der Waals surface area (Å²) in [6.07, 6.45) is 3.33. The van der Waals surface area contributed by atoms with Crippen molar-refractivity contribution >= 4 is 39.8 Å². The van der Waals surface area contributed by atoms with Crippen molar-refractivity contribution in [1.82, 2.24) is 29.9 Å². The average Bonchev–Trinajstić information content (AvgIpc) is 3.15. The van der Waals surface area contributed by atoms with Gasteiger partial charge in [0.1, 0.15) is 0 Å². The highest BCUT2D eigenvalue weighted by Crippen LogP contribution is 2.25. The molecule has 0 bridgehead atoms. The molecular weight excluding hydrogens is 404 g/mol. The van der Waals surface area contributed by atoms with Crippen molar-refractivity contribution in [2.24, 2.45) is 0 Å². The molecule has 0 aliphatic carbocycles. The van der Waals surface area contributed by atoms with Gasteiger partial charge in [0.05, 0.1) is 34.5 Å². The zero-order valence-electron chi connectivity index (χ0n) is 15.4. The molecule has 9 heteroatoms. The summed E-state index contributed by atoms with van der Waals surface area (Å²) in [5.74, 6) is -1.08. The van der Waals surface area contributed by atoms with Crippen molar-refractivity contribution in [3.8, 4) is 11.3 Å². The van der Waals surface area contributed by atoms with Crippen LogP contribution in [0.3, 0.4) is 0 Å². The molecule has 0 spiro atoms. The van der Waals surface area contributed by atoms with Crippen molar-refractivity contribution in [2.45, 2.75) is 6.54 Å². The highest BCUT2D eigenvalue weighted by molar-refractivity contribution is 6.33. The van der Waals surface area contributed by atoms with Crippen LogP contribution in [0.4, 0.5) is 0 Å². The summed E-state index contributed by atoms with van der Waals surface area (Å²) in [7, 11) is 0. The molecule has 3 heterocycles. The van der Waals surface area contributed by atoms with E-state index in [1.54, 1.807) is 29.2 Å². The minimum absolute atomic E-state index is 0.0342. The Morgan fingerprint density at radius 3 is 2.83 bits per heavy atom. The molecule has 2 aromatic carbocycles. The van der Waals surface area contributed by atoms with E-state index < -0.39 is 5.97 Å². The van der Waals surface area contributed by atoms with Crippen molar-refractivity contribution in [3.63, 3.8) is 0 Å². The zero-order valence-corrected chi connectivity index (χ0v) is 16.2. The number of pyridine rings is 1. The molecule has 0 fully saturated rings. The lowest BCUT2D eigenvalue weighted by atomic mass is 10.1. The highest BCUT2D eigenvalue weighted by Gasteiger charge is 2.13. The van der Waals surface area contributed by atoms with Gasteiger partial charge in [0, 0.05) is 17.1 Å². The molecule has 8 nitrogen and oxygen atoms in total. The van der Waals surface area contributed by atoms with E-state index in [1.807, 2.05) is 24.3 Å². The smallest absolute Gasteiger partial charge is 0.337 e. The minimum atomic E-state index is -1.08. The van der Waals surface area contributed by atoms with E-state index in [0.717, 1.165) is 16.5 Å². The van der Waals surface area contributed by atoms with Gasteiger partial charge in [0.15, 0.2) is 5.65 Å². The Morgan fingerprint density at radius 1 is 1.10 bits per heavy atom. The van der Waals surface area contributed by atoms with Crippen molar-refractivity contribution in [2.75, 3.05) is 0 Å². The van der Waals surface area contributed by atoms with E-state index in [-0.39, 0.29) is 10.6 Å². The number of carbonyl (C=O) groups is 1. The van der Waals surface area contributed by atoms with E-state index in [4.69, 9.17) is 16.7 Å². The van der Waals surface area contributed by atoms with Gasteiger partial charge >= 0.3 is 5.97 Å². The van der Waals surface area contributed by atoms with E-state index in [0.29, 0.717) is 29.1 Å². The van der Waals surface area contributed by atoms with E-state index in [2.05, 4.69) is 31.3 Å². The standard InChI is InChI=1S/C21H13ClN6O2/c22-16-9-14(4-5-15(16)21(29)30)18-10-24-19-20(25-18)28(27-26-19)11-12-3-6-17-13(8-12)2-1-7-23-17/h1-10H,11H2,(H,29,30). The summed E-state index contributed by atoms with van der Waals surface area (Å²) in [4.78, 5) is 24.5. The fourth-order valence-electron chi connectivity index (χ4n) is 3.25. The van der Waals surface area contributed by atoms with Gasteiger partial charge in [-0.1, -0.05) is 35.0 Å². The van der Waals surface area contributed by atoms with Crippen LogP contribution in [0.5, 0.6) is 0 Å². The van der Waals surface area contributed by atoms with E-state index >= 15 is 0 Å². The number of halogens is 1. The number of carboxylic acids is 1. The lowest BCUT2D eigenvalue weighted by Gasteiger charge is -2.06. The van der Waals surface area contributed by atoms with Crippen LogP contribution in [0.2, 0.25) is 5.02 Å². The Bertz CT molecular complexity index is 1430. The summed E-state index contributed by atoms with van der Waals surface area (Å²) >= 11 is 6.09. The van der Waals surface area contributed by atoms with Crippen LogP contribution in [0.1, 0.15) is 15.9 Å². The van der Waals surface area contributed by atoms with Crippen LogP contribution >= 0.6 is 11.6 Å². The molecular formula is C21H13ClN6O2. The summed E-state index contributed by atoms with van der Waals surface area (Å²) in [5.41, 5.74) is 4.15. The van der Waals surface area contributed by atoms with Crippen LogP contribution < -0.4 is 0 Å². The predicted octanol–water partition coefficient (Wildman–Crippen LogP) is 3.84. The Kier molecular flexibility index (Phi) is 4.33. The highest BCUT2D eigenvalue weighted by atomic mass is 35.5. The Labute approximate surface area is 174 Å². The number of carboxylic acid groups (broad SMARTS) is 1. The van der Waals surface area contributed by atoms with Gasteiger partial charge in [-0.2, -0.15) is 0 Å². The molecule has 0 saturated heterocycles. The number of aromatic carboxylic acids is 1. The largest absolute Gasteiger partial charge is 0.478 e. The maximum absolute atomic E-state index is 11.2. The summed E-state index contributed by atoms with van der Waals surface area (Å²) in [6, 6.07) is 14.6. The Balaban J connectivity index is 1.52. The molecule has 0 atom stereocenters. The van der Waals surface area contributed by atoms with Crippen LogP contribution in [0.25, 0.3) is 33.5 Å². The SMILES string of the molecule is O=C(O)c1ccc(-c2cnc3nnn(Cc4ccc5ncccc5c4)c3n2)cc1Cl. The average molecular weight is 417 g/mol. The molecule has 146 valence electrons. The summed E-state index contributed by atoms with van der Waals surface area (Å²) in [5, 5.41) is 18.6. The second kappa shape index (κ2) is 7.16. The molecule has 30 heavy (non-hydrogen) atoms. The van der Waals surface area contributed by atoms with E-state index in [9.17, 15) is 4.79 Å². The zero-order chi connectivity index (χ0) is 20.7. The number of rotatable bonds is 4. The van der Waals surface area contributed by atoms with Gasteiger partial charge in [-0.25, -0.2) is 19.4 Å². The molecule has 5 rings (SSSR count). The monoisotopic (exact) mass is 416 g/mol. The van der Waals surface area contributed by atoms with Gasteiger partial charge in [0.25, 0.3) is 0 Å². The van der Waals surface area contributed by atoms with Crippen LogP contribution in [0.15, 0.2) is 60.9 Å². The molecule has 0 unspecified atom stereocenters. The molecule has 5 aromatic rings. The fraction of sp³-hybridized carbons (Fsp3) is 0.0476. The number of benzene rings is 2. The number of nitrogens with zero attached hydrogens (tertiary/aromatic N) is 6. The molecule has 0 aliphatic heterocycles. The third-order valence-electron chi connectivity index (χ3n) is 4.72. The second-order valence-electron chi connectivity index (χ2n) is 6.68. The Hall–Kier alpha value is -3.91. The van der Waals surface area contributed by atoms with E-state index in [1.165, 1.54) is 6.07 Å². The first-order valence-electron chi connectivity index (χ1n) is 9.01. The molecule has 0 amide bonds. The normalized spacial score (nSPS) is 11.2. The number of aromatic nitrogens is 6. The first-order valence-corrected chi connectivity index (χ1v) is 9.39. The second-order valence-corrected chi connectivity index (χ2v) is 7.09. The first kappa shape index (κ1) is 18.1.